The molecule has 1 N–H and O–H groups in total. The number of carbonyl (C=O) groups is 1. The van der Waals surface area contributed by atoms with E-state index in [1.807, 2.05) is 6.92 Å². The number of amides is 1. The van der Waals surface area contributed by atoms with Crippen LogP contribution in [-0.2, 0) is 14.8 Å². The van der Waals surface area contributed by atoms with E-state index in [1.165, 1.54) is 43.5 Å². The summed E-state index contributed by atoms with van der Waals surface area (Å²) >= 11 is 0. The molecule has 4 aliphatic carbocycles. The minimum atomic E-state index is -3.70. The number of benzene rings is 1. The summed E-state index contributed by atoms with van der Waals surface area (Å²) in [4.78, 5) is 13.3. The van der Waals surface area contributed by atoms with Crippen molar-refractivity contribution in [2.45, 2.75) is 63.5 Å². The van der Waals surface area contributed by atoms with E-state index in [0.29, 0.717) is 29.9 Å². The van der Waals surface area contributed by atoms with Gasteiger partial charge in [-0.1, -0.05) is 6.92 Å². The summed E-state index contributed by atoms with van der Waals surface area (Å²) in [6, 6.07) is 4.43. The number of sulfonamides is 1. The van der Waals surface area contributed by atoms with E-state index < -0.39 is 21.9 Å². The van der Waals surface area contributed by atoms with Crippen molar-refractivity contribution in [1.82, 2.24) is 5.32 Å². The fourth-order valence-electron chi connectivity index (χ4n) is 6.26. The average molecular weight is 409 g/mol. The number of hydrogen-bond donors (Lipinski definition) is 1. The summed E-state index contributed by atoms with van der Waals surface area (Å²) in [5.41, 5.74) is 0.141. The third kappa shape index (κ3) is 3.65. The van der Waals surface area contributed by atoms with Crippen molar-refractivity contribution in [3.05, 3.63) is 30.1 Å². The van der Waals surface area contributed by atoms with E-state index >= 15 is 0 Å². The highest BCUT2D eigenvalue weighted by atomic mass is 32.2. The van der Waals surface area contributed by atoms with E-state index in [1.54, 1.807) is 0 Å². The van der Waals surface area contributed by atoms with Crippen LogP contribution in [0.1, 0.15) is 51.9 Å². The lowest BCUT2D eigenvalue weighted by Gasteiger charge is -2.57. The highest BCUT2D eigenvalue weighted by molar-refractivity contribution is 7.92. The van der Waals surface area contributed by atoms with Gasteiger partial charge >= 0.3 is 0 Å². The standard InChI is InChI=1S/C21H29FN2O3S/c1-3-19(24(28(2,26)27)18-6-4-17(22)5-7-18)20(25)23-21-11-14-8-15(12-21)10-16(9-14)13-21/h4-7,14-16,19H,3,8-13H2,1-2H3,(H,23,25)/t14?,15?,16?,19-,21?/m1/s1. The van der Waals surface area contributed by atoms with Crippen LogP contribution in [0.2, 0.25) is 0 Å². The summed E-state index contributed by atoms with van der Waals surface area (Å²) < 4.78 is 39.5. The summed E-state index contributed by atoms with van der Waals surface area (Å²) in [6.45, 7) is 1.81. The van der Waals surface area contributed by atoms with Crippen LogP contribution in [0.5, 0.6) is 0 Å². The van der Waals surface area contributed by atoms with Crippen LogP contribution in [0, 0.1) is 23.6 Å². The number of carbonyl (C=O) groups excluding carboxylic acids is 1. The second-order valence-corrected chi connectivity index (χ2v) is 11.0. The van der Waals surface area contributed by atoms with Gasteiger partial charge in [0.1, 0.15) is 11.9 Å². The van der Waals surface area contributed by atoms with Crippen LogP contribution in [0.4, 0.5) is 10.1 Å². The number of anilines is 1. The molecule has 0 radical (unpaired) electrons. The first-order chi connectivity index (χ1) is 13.2. The van der Waals surface area contributed by atoms with E-state index in [0.717, 1.165) is 29.8 Å². The fourth-order valence-corrected chi connectivity index (χ4v) is 7.47. The smallest absolute Gasteiger partial charge is 0.244 e. The van der Waals surface area contributed by atoms with Crippen LogP contribution in [0.25, 0.3) is 0 Å². The van der Waals surface area contributed by atoms with E-state index in [2.05, 4.69) is 5.32 Å². The van der Waals surface area contributed by atoms with Crippen molar-refractivity contribution in [2.75, 3.05) is 10.6 Å². The Hall–Kier alpha value is -1.63. The molecule has 7 heteroatoms. The Balaban J connectivity index is 1.59. The average Bonchev–Trinajstić information content (AvgIpc) is 2.57. The topological polar surface area (TPSA) is 66.5 Å². The molecule has 5 rings (SSSR count). The number of nitrogens with zero attached hydrogens (tertiary/aromatic N) is 1. The molecule has 0 aromatic heterocycles. The predicted molar refractivity (Wildman–Crippen MR) is 107 cm³/mol. The molecule has 154 valence electrons. The Kier molecular flexibility index (Phi) is 4.92. The number of hydrogen-bond acceptors (Lipinski definition) is 3. The zero-order valence-electron chi connectivity index (χ0n) is 16.5. The second-order valence-electron chi connectivity index (χ2n) is 9.15. The predicted octanol–water partition coefficient (Wildman–Crippen LogP) is 3.46. The Bertz CT molecular complexity index is 818. The molecule has 1 atom stereocenters. The van der Waals surface area contributed by atoms with Gasteiger partial charge in [0.05, 0.1) is 11.9 Å². The number of nitrogens with one attached hydrogen (secondary N) is 1. The first-order valence-electron chi connectivity index (χ1n) is 10.3. The normalized spacial score (nSPS) is 32.2. The molecule has 4 bridgehead atoms. The van der Waals surface area contributed by atoms with Crippen molar-refractivity contribution in [3.63, 3.8) is 0 Å². The summed E-state index contributed by atoms with van der Waals surface area (Å²) in [6.07, 6.45) is 8.30. The van der Waals surface area contributed by atoms with Gasteiger partial charge in [0.15, 0.2) is 0 Å². The Morgan fingerprint density at radius 1 is 1.14 bits per heavy atom. The molecule has 0 saturated heterocycles. The molecule has 1 aromatic rings. The molecule has 4 aliphatic rings. The first-order valence-corrected chi connectivity index (χ1v) is 12.1. The zero-order chi connectivity index (χ0) is 20.1. The van der Waals surface area contributed by atoms with E-state index in [4.69, 9.17) is 0 Å². The zero-order valence-corrected chi connectivity index (χ0v) is 17.3. The first kappa shape index (κ1) is 19.7. The highest BCUT2D eigenvalue weighted by Crippen LogP contribution is 2.55. The van der Waals surface area contributed by atoms with Gasteiger partial charge in [-0.2, -0.15) is 0 Å². The van der Waals surface area contributed by atoms with Gasteiger partial charge in [-0.15, -0.1) is 0 Å². The van der Waals surface area contributed by atoms with Crippen LogP contribution in [0.3, 0.4) is 0 Å². The molecular weight excluding hydrogens is 379 g/mol. The number of halogens is 1. The Morgan fingerprint density at radius 3 is 2.07 bits per heavy atom. The Labute approximate surface area is 166 Å². The monoisotopic (exact) mass is 408 g/mol. The molecule has 0 unspecified atom stereocenters. The minimum Gasteiger partial charge on any atom is -0.349 e. The van der Waals surface area contributed by atoms with Gasteiger partial charge < -0.3 is 5.32 Å². The maximum absolute atomic E-state index is 13.3. The molecule has 5 nitrogen and oxygen atoms in total. The van der Waals surface area contributed by atoms with Gasteiger partial charge in [-0.05, 0) is 87.0 Å². The van der Waals surface area contributed by atoms with E-state index in [9.17, 15) is 17.6 Å². The van der Waals surface area contributed by atoms with Crippen molar-refractivity contribution in [3.8, 4) is 0 Å². The van der Waals surface area contributed by atoms with Crippen LogP contribution >= 0.6 is 0 Å². The Morgan fingerprint density at radius 2 is 1.64 bits per heavy atom. The maximum atomic E-state index is 13.3. The molecule has 0 aliphatic heterocycles. The molecule has 0 spiro atoms. The summed E-state index contributed by atoms with van der Waals surface area (Å²) in [5.74, 6) is 1.39. The van der Waals surface area contributed by atoms with Crippen LogP contribution < -0.4 is 9.62 Å². The molecule has 28 heavy (non-hydrogen) atoms. The van der Waals surface area contributed by atoms with Gasteiger partial charge in [-0.25, -0.2) is 12.8 Å². The largest absolute Gasteiger partial charge is 0.349 e. The molecule has 4 saturated carbocycles. The molecule has 1 aromatic carbocycles. The second kappa shape index (κ2) is 7.01. The van der Waals surface area contributed by atoms with Gasteiger partial charge in [0, 0.05) is 5.54 Å². The SMILES string of the molecule is CC[C@H](C(=O)NC12CC3CC(CC(C3)C1)C2)N(c1ccc(F)cc1)S(C)(=O)=O. The summed E-state index contributed by atoms with van der Waals surface area (Å²) in [5, 5.41) is 3.29. The molecular formula is C21H29FN2O3S. The van der Waals surface area contributed by atoms with Crippen molar-refractivity contribution >= 4 is 21.6 Å². The number of rotatable bonds is 6. The maximum Gasteiger partial charge on any atom is 0.244 e. The van der Waals surface area contributed by atoms with Gasteiger partial charge in [0.2, 0.25) is 15.9 Å². The molecule has 1 amide bonds. The lowest BCUT2D eigenvalue weighted by Crippen LogP contribution is -2.63. The van der Waals surface area contributed by atoms with Crippen molar-refractivity contribution in [2.24, 2.45) is 17.8 Å². The van der Waals surface area contributed by atoms with Crippen LogP contribution in [0.15, 0.2) is 24.3 Å². The molecule has 4 fully saturated rings. The van der Waals surface area contributed by atoms with E-state index in [-0.39, 0.29) is 11.4 Å². The van der Waals surface area contributed by atoms with Gasteiger partial charge in [0.25, 0.3) is 0 Å². The lowest BCUT2D eigenvalue weighted by atomic mass is 9.53. The summed E-state index contributed by atoms with van der Waals surface area (Å²) in [7, 11) is -3.70. The minimum absolute atomic E-state index is 0.175. The van der Waals surface area contributed by atoms with Crippen molar-refractivity contribution < 1.29 is 17.6 Å². The lowest BCUT2D eigenvalue weighted by molar-refractivity contribution is -0.128. The van der Waals surface area contributed by atoms with Crippen LogP contribution in [-0.4, -0.2) is 32.2 Å². The third-order valence-corrected chi connectivity index (χ3v) is 8.02. The highest BCUT2D eigenvalue weighted by Gasteiger charge is 2.52. The molecule has 0 heterocycles. The quantitative estimate of drug-likeness (QED) is 0.784. The fraction of sp³-hybridized carbons (Fsp3) is 0.667. The van der Waals surface area contributed by atoms with Gasteiger partial charge in [-0.3, -0.25) is 9.10 Å². The van der Waals surface area contributed by atoms with Crippen molar-refractivity contribution in [1.29, 1.82) is 0 Å². The third-order valence-electron chi connectivity index (χ3n) is 6.84.